The number of benzene rings is 1. The summed E-state index contributed by atoms with van der Waals surface area (Å²) in [6, 6.07) is 10.4. The topological polar surface area (TPSA) is 72.5 Å². The van der Waals surface area contributed by atoms with Gasteiger partial charge in [0.1, 0.15) is 11.8 Å². The Morgan fingerprint density at radius 3 is 2.43 bits per heavy atom. The molecule has 0 aliphatic heterocycles. The van der Waals surface area contributed by atoms with Gasteiger partial charge in [-0.25, -0.2) is 4.98 Å². The number of methoxy groups -OCH3 is 1. The van der Waals surface area contributed by atoms with Crippen LogP contribution in [0.1, 0.15) is 13.8 Å². The van der Waals surface area contributed by atoms with Crippen molar-refractivity contribution in [3.05, 3.63) is 42.6 Å². The van der Waals surface area contributed by atoms with E-state index in [1.54, 1.807) is 26.3 Å². The van der Waals surface area contributed by atoms with E-state index in [4.69, 9.17) is 9.47 Å². The van der Waals surface area contributed by atoms with E-state index in [2.05, 4.69) is 15.6 Å². The molecule has 23 heavy (non-hydrogen) atoms. The Kier molecular flexibility index (Phi) is 5.80. The van der Waals surface area contributed by atoms with Crippen LogP contribution in [0.2, 0.25) is 0 Å². The van der Waals surface area contributed by atoms with Gasteiger partial charge in [-0.2, -0.15) is 0 Å². The molecular weight excluding hydrogens is 294 g/mol. The summed E-state index contributed by atoms with van der Waals surface area (Å²) in [6.07, 6.45) is 1.62. The van der Waals surface area contributed by atoms with E-state index >= 15 is 0 Å². The second kappa shape index (κ2) is 8.03. The van der Waals surface area contributed by atoms with E-state index in [1.807, 2.05) is 37.3 Å². The second-order valence-corrected chi connectivity index (χ2v) is 4.90. The predicted octanol–water partition coefficient (Wildman–Crippen LogP) is 2.93. The molecule has 1 aromatic carbocycles. The molecule has 0 fully saturated rings. The van der Waals surface area contributed by atoms with Crippen LogP contribution in [-0.2, 0) is 4.79 Å². The largest absolute Gasteiger partial charge is 0.494 e. The molecule has 0 radical (unpaired) electrons. The van der Waals surface area contributed by atoms with Gasteiger partial charge in [0.15, 0.2) is 0 Å². The minimum Gasteiger partial charge on any atom is -0.494 e. The molecule has 2 aromatic rings. The highest BCUT2D eigenvalue weighted by atomic mass is 16.5. The average Bonchev–Trinajstić information content (AvgIpc) is 2.57. The highest BCUT2D eigenvalue weighted by molar-refractivity contribution is 5.96. The quantitative estimate of drug-likeness (QED) is 0.822. The molecule has 6 nitrogen and oxygen atoms in total. The molecule has 2 rings (SSSR count). The Morgan fingerprint density at radius 2 is 1.87 bits per heavy atom. The molecule has 6 heteroatoms. The lowest BCUT2D eigenvalue weighted by Gasteiger charge is -2.15. The lowest BCUT2D eigenvalue weighted by Crippen LogP contribution is -2.31. The molecule has 0 bridgehead atoms. The molecule has 1 atom stereocenters. The SMILES string of the molecule is CCOc1ccc(NC(=O)[C@H](C)Nc2ccc(OC)nc2)cc1. The van der Waals surface area contributed by atoms with Crippen molar-refractivity contribution in [1.29, 1.82) is 0 Å². The van der Waals surface area contributed by atoms with Crippen LogP contribution in [0.5, 0.6) is 11.6 Å². The number of hydrogen-bond donors (Lipinski definition) is 2. The van der Waals surface area contributed by atoms with E-state index in [9.17, 15) is 4.79 Å². The van der Waals surface area contributed by atoms with Crippen molar-refractivity contribution >= 4 is 17.3 Å². The van der Waals surface area contributed by atoms with Gasteiger partial charge in [-0.1, -0.05) is 0 Å². The highest BCUT2D eigenvalue weighted by Gasteiger charge is 2.13. The van der Waals surface area contributed by atoms with Gasteiger partial charge in [-0.15, -0.1) is 0 Å². The third kappa shape index (κ3) is 4.88. The number of nitrogens with zero attached hydrogens (tertiary/aromatic N) is 1. The Bertz CT molecular complexity index is 627. The van der Waals surface area contributed by atoms with Crippen molar-refractivity contribution in [2.75, 3.05) is 24.4 Å². The van der Waals surface area contributed by atoms with Gasteiger partial charge in [0.25, 0.3) is 0 Å². The first-order chi connectivity index (χ1) is 11.1. The van der Waals surface area contributed by atoms with Gasteiger partial charge in [0.05, 0.1) is 25.6 Å². The summed E-state index contributed by atoms with van der Waals surface area (Å²) in [5.74, 6) is 1.17. The number of carbonyl (C=O) groups is 1. The summed E-state index contributed by atoms with van der Waals surface area (Å²) in [6.45, 7) is 4.33. The van der Waals surface area contributed by atoms with Gasteiger partial charge in [-0.05, 0) is 44.2 Å². The van der Waals surface area contributed by atoms with Crippen LogP contribution in [-0.4, -0.2) is 30.6 Å². The minimum atomic E-state index is -0.406. The Morgan fingerprint density at radius 1 is 1.17 bits per heavy atom. The number of aromatic nitrogens is 1. The number of anilines is 2. The summed E-state index contributed by atoms with van der Waals surface area (Å²) >= 11 is 0. The smallest absolute Gasteiger partial charge is 0.246 e. The molecule has 0 unspecified atom stereocenters. The Labute approximate surface area is 135 Å². The number of hydrogen-bond acceptors (Lipinski definition) is 5. The van der Waals surface area contributed by atoms with Crippen LogP contribution in [0.25, 0.3) is 0 Å². The highest BCUT2D eigenvalue weighted by Crippen LogP contribution is 2.16. The molecule has 2 N–H and O–H groups in total. The maximum Gasteiger partial charge on any atom is 0.246 e. The molecule has 0 aliphatic carbocycles. The maximum atomic E-state index is 12.2. The molecule has 0 aliphatic rings. The fourth-order valence-electron chi connectivity index (χ4n) is 1.95. The summed E-state index contributed by atoms with van der Waals surface area (Å²) in [4.78, 5) is 16.3. The summed E-state index contributed by atoms with van der Waals surface area (Å²) < 4.78 is 10.4. The van der Waals surface area contributed by atoms with Gasteiger partial charge in [0.2, 0.25) is 11.8 Å². The second-order valence-electron chi connectivity index (χ2n) is 4.90. The van der Waals surface area contributed by atoms with Crippen molar-refractivity contribution < 1.29 is 14.3 Å². The Balaban J connectivity index is 1.90. The van der Waals surface area contributed by atoms with Crippen molar-refractivity contribution in [2.45, 2.75) is 19.9 Å². The monoisotopic (exact) mass is 315 g/mol. The first-order valence-electron chi connectivity index (χ1n) is 7.42. The van der Waals surface area contributed by atoms with Crippen LogP contribution in [0.4, 0.5) is 11.4 Å². The van der Waals surface area contributed by atoms with Crippen LogP contribution < -0.4 is 20.1 Å². The average molecular weight is 315 g/mol. The number of carbonyl (C=O) groups excluding carboxylic acids is 1. The van der Waals surface area contributed by atoms with Crippen molar-refractivity contribution in [3.8, 4) is 11.6 Å². The predicted molar refractivity (Wildman–Crippen MR) is 90.1 cm³/mol. The Hall–Kier alpha value is -2.76. The zero-order valence-electron chi connectivity index (χ0n) is 13.5. The fraction of sp³-hybridized carbons (Fsp3) is 0.294. The van der Waals surface area contributed by atoms with Crippen LogP contribution in [0, 0.1) is 0 Å². The number of amides is 1. The van der Waals surface area contributed by atoms with Crippen molar-refractivity contribution in [2.24, 2.45) is 0 Å². The minimum absolute atomic E-state index is 0.134. The van der Waals surface area contributed by atoms with Crippen LogP contribution in [0.3, 0.4) is 0 Å². The van der Waals surface area contributed by atoms with Crippen molar-refractivity contribution in [3.63, 3.8) is 0 Å². The molecule has 1 heterocycles. The van der Waals surface area contributed by atoms with Crippen molar-refractivity contribution in [1.82, 2.24) is 4.98 Å². The molecule has 1 amide bonds. The van der Waals surface area contributed by atoms with Gasteiger partial charge >= 0.3 is 0 Å². The lowest BCUT2D eigenvalue weighted by molar-refractivity contribution is -0.116. The van der Waals surface area contributed by atoms with E-state index in [-0.39, 0.29) is 5.91 Å². The molecule has 1 aromatic heterocycles. The first kappa shape index (κ1) is 16.6. The van der Waals surface area contributed by atoms with E-state index in [0.29, 0.717) is 12.5 Å². The molecular formula is C17H21N3O3. The molecule has 122 valence electrons. The standard InChI is InChI=1S/C17H21N3O3/c1-4-23-15-8-5-13(6-9-15)20-17(21)12(2)19-14-7-10-16(22-3)18-11-14/h5-12,19H,4H2,1-3H3,(H,20,21)/t12-/m0/s1. The van der Waals surface area contributed by atoms with Crippen LogP contribution in [0.15, 0.2) is 42.6 Å². The first-order valence-corrected chi connectivity index (χ1v) is 7.42. The van der Waals surface area contributed by atoms with Gasteiger partial charge in [-0.3, -0.25) is 4.79 Å². The summed E-state index contributed by atoms with van der Waals surface area (Å²) in [7, 11) is 1.56. The molecule has 0 spiro atoms. The van der Waals surface area contributed by atoms with Gasteiger partial charge in [0, 0.05) is 11.8 Å². The number of pyridine rings is 1. The number of ether oxygens (including phenoxy) is 2. The summed E-state index contributed by atoms with van der Waals surface area (Å²) in [5, 5.41) is 5.94. The molecule has 0 saturated carbocycles. The lowest BCUT2D eigenvalue weighted by atomic mass is 10.2. The maximum absolute atomic E-state index is 12.2. The summed E-state index contributed by atoms with van der Waals surface area (Å²) in [5.41, 5.74) is 1.47. The number of rotatable bonds is 7. The zero-order chi connectivity index (χ0) is 16.7. The normalized spacial score (nSPS) is 11.4. The fourth-order valence-corrected chi connectivity index (χ4v) is 1.95. The number of nitrogens with one attached hydrogen (secondary N) is 2. The third-order valence-corrected chi connectivity index (χ3v) is 3.15. The van der Waals surface area contributed by atoms with E-state index in [1.165, 1.54) is 0 Å². The molecule has 0 saturated heterocycles. The van der Waals surface area contributed by atoms with Gasteiger partial charge < -0.3 is 20.1 Å². The van der Waals surface area contributed by atoms with E-state index < -0.39 is 6.04 Å². The van der Waals surface area contributed by atoms with Crippen LogP contribution >= 0.6 is 0 Å². The third-order valence-electron chi connectivity index (χ3n) is 3.15. The zero-order valence-corrected chi connectivity index (χ0v) is 13.5. The van der Waals surface area contributed by atoms with E-state index in [0.717, 1.165) is 17.1 Å².